The highest BCUT2D eigenvalue weighted by Crippen LogP contribution is 2.16. The van der Waals surface area contributed by atoms with Crippen LogP contribution in [0.5, 0.6) is 0 Å². The van der Waals surface area contributed by atoms with Crippen molar-refractivity contribution in [3.05, 3.63) is 52.2 Å². The third kappa shape index (κ3) is 6.21. The number of amides is 3. The first-order chi connectivity index (χ1) is 12.7. The number of thiophene rings is 1. The van der Waals surface area contributed by atoms with Gasteiger partial charge in [-0.1, -0.05) is 12.1 Å². The largest absolute Gasteiger partial charge is 0.350 e. The van der Waals surface area contributed by atoms with E-state index < -0.39 is 0 Å². The second-order valence-corrected chi connectivity index (χ2v) is 8.08. The van der Waals surface area contributed by atoms with E-state index >= 15 is 0 Å². The highest BCUT2D eigenvalue weighted by atomic mass is 32.1. The predicted octanol–water partition coefficient (Wildman–Crippen LogP) is 3.38. The summed E-state index contributed by atoms with van der Waals surface area (Å²) in [6, 6.07) is 10.3. The van der Waals surface area contributed by atoms with Gasteiger partial charge in [0.15, 0.2) is 0 Å². The molecule has 0 spiro atoms. The summed E-state index contributed by atoms with van der Waals surface area (Å²) < 4.78 is 0. The third-order valence-corrected chi connectivity index (χ3v) is 4.50. The van der Waals surface area contributed by atoms with Gasteiger partial charge in [0.2, 0.25) is 5.91 Å². The van der Waals surface area contributed by atoms with Crippen molar-refractivity contribution >= 4 is 34.7 Å². The second kappa shape index (κ2) is 8.81. The molecule has 3 amide bonds. The molecule has 7 heteroatoms. The molecular formula is C20H25N3O3S. The number of nitrogens with one attached hydrogen (secondary N) is 2. The van der Waals surface area contributed by atoms with Gasteiger partial charge in [-0.25, -0.2) is 0 Å². The maximum Gasteiger partial charge on any atom is 0.265 e. The maximum absolute atomic E-state index is 12.8. The molecule has 1 aromatic carbocycles. The Morgan fingerprint density at radius 2 is 1.85 bits per heavy atom. The molecule has 2 N–H and O–H groups in total. The summed E-state index contributed by atoms with van der Waals surface area (Å²) in [5.74, 6) is -0.680. The van der Waals surface area contributed by atoms with Gasteiger partial charge in [0.05, 0.1) is 11.4 Å². The van der Waals surface area contributed by atoms with E-state index in [4.69, 9.17) is 0 Å². The Kier molecular flexibility index (Phi) is 6.74. The fourth-order valence-corrected chi connectivity index (χ4v) is 3.09. The van der Waals surface area contributed by atoms with Crippen molar-refractivity contribution in [1.29, 1.82) is 0 Å². The number of benzene rings is 1. The van der Waals surface area contributed by atoms with Crippen LogP contribution in [0.2, 0.25) is 0 Å². The SMILES string of the molecule is CCN(CC(=O)NC(C)(C)C)C(=O)c1cccc(NC(=O)c2cccs2)c1. The average Bonchev–Trinajstić information content (AvgIpc) is 3.12. The fourth-order valence-electron chi connectivity index (χ4n) is 2.47. The van der Waals surface area contributed by atoms with Crippen LogP contribution in [0, 0.1) is 0 Å². The van der Waals surface area contributed by atoms with Crippen molar-refractivity contribution in [1.82, 2.24) is 10.2 Å². The van der Waals surface area contributed by atoms with E-state index in [1.54, 1.807) is 36.4 Å². The smallest absolute Gasteiger partial charge is 0.265 e. The standard InChI is InChI=1S/C20H25N3O3S/c1-5-23(13-17(24)22-20(2,3)4)19(26)14-8-6-9-15(12-14)21-18(25)16-10-7-11-27-16/h6-12H,5,13H2,1-4H3,(H,21,25)(H,22,24). The van der Waals surface area contributed by atoms with Crippen molar-refractivity contribution in [2.75, 3.05) is 18.4 Å². The Morgan fingerprint density at radius 3 is 2.44 bits per heavy atom. The monoisotopic (exact) mass is 387 g/mol. The molecule has 0 aliphatic rings. The lowest BCUT2D eigenvalue weighted by atomic mass is 10.1. The Labute approximate surface area is 163 Å². The van der Waals surface area contributed by atoms with Crippen molar-refractivity contribution in [3.63, 3.8) is 0 Å². The lowest BCUT2D eigenvalue weighted by molar-refractivity contribution is -0.123. The van der Waals surface area contributed by atoms with E-state index in [0.717, 1.165) is 0 Å². The number of hydrogen-bond donors (Lipinski definition) is 2. The van der Waals surface area contributed by atoms with Crippen LogP contribution in [-0.4, -0.2) is 41.2 Å². The first-order valence-electron chi connectivity index (χ1n) is 8.75. The van der Waals surface area contributed by atoms with Crippen LogP contribution >= 0.6 is 11.3 Å². The van der Waals surface area contributed by atoms with E-state index in [9.17, 15) is 14.4 Å². The zero-order valence-electron chi connectivity index (χ0n) is 16.0. The molecule has 2 aromatic rings. The van der Waals surface area contributed by atoms with Crippen LogP contribution in [0.4, 0.5) is 5.69 Å². The average molecular weight is 388 g/mol. The molecule has 6 nitrogen and oxygen atoms in total. The molecule has 1 heterocycles. The fraction of sp³-hybridized carbons (Fsp3) is 0.350. The summed E-state index contributed by atoms with van der Waals surface area (Å²) in [6.45, 7) is 7.89. The Hall–Kier alpha value is -2.67. The van der Waals surface area contributed by atoms with Crippen LogP contribution in [0.3, 0.4) is 0 Å². The Balaban J connectivity index is 2.08. The van der Waals surface area contributed by atoms with Gasteiger partial charge < -0.3 is 15.5 Å². The van der Waals surface area contributed by atoms with E-state index in [1.807, 2.05) is 33.1 Å². The molecule has 0 aliphatic heterocycles. The number of rotatable bonds is 6. The molecule has 144 valence electrons. The number of carbonyl (C=O) groups is 3. The molecule has 0 radical (unpaired) electrons. The zero-order chi connectivity index (χ0) is 20.0. The summed E-state index contributed by atoms with van der Waals surface area (Å²) in [6.07, 6.45) is 0. The minimum absolute atomic E-state index is 0.0155. The Bertz CT molecular complexity index is 810. The molecule has 0 saturated heterocycles. The highest BCUT2D eigenvalue weighted by molar-refractivity contribution is 7.12. The molecule has 0 aliphatic carbocycles. The number of likely N-dealkylation sites (N-methyl/N-ethyl adjacent to an activating group) is 1. The van der Waals surface area contributed by atoms with Crippen LogP contribution in [0.1, 0.15) is 47.7 Å². The van der Waals surface area contributed by atoms with Gasteiger partial charge >= 0.3 is 0 Å². The Morgan fingerprint density at radius 1 is 1.11 bits per heavy atom. The van der Waals surface area contributed by atoms with Gasteiger partial charge in [-0.3, -0.25) is 14.4 Å². The van der Waals surface area contributed by atoms with E-state index in [2.05, 4.69) is 10.6 Å². The molecule has 2 rings (SSSR count). The van der Waals surface area contributed by atoms with Crippen LogP contribution < -0.4 is 10.6 Å². The molecule has 27 heavy (non-hydrogen) atoms. The van der Waals surface area contributed by atoms with Crippen molar-refractivity contribution in [2.24, 2.45) is 0 Å². The number of anilines is 1. The molecule has 0 unspecified atom stereocenters. The first kappa shape index (κ1) is 20.6. The minimum atomic E-state index is -0.356. The molecule has 0 bridgehead atoms. The van der Waals surface area contributed by atoms with Gasteiger partial charge in [-0.15, -0.1) is 11.3 Å². The minimum Gasteiger partial charge on any atom is -0.350 e. The second-order valence-electron chi connectivity index (χ2n) is 7.13. The van der Waals surface area contributed by atoms with Gasteiger partial charge in [-0.05, 0) is 57.3 Å². The zero-order valence-corrected chi connectivity index (χ0v) is 16.9. The van der Waals surface area contributed by atoms with Gasteiger partial charge in [0.1, 0.15) is 0 Å². The lowest BCUT2D eigenvalue weighted by Crippen LogP contribution is -2.47. The molecule has 0 fully saturated rings. The van der Waals surface area contributed by atoms with Crippen molar-refractivity contribution in [2.45, 2.75) is 33.2 Å². The molecular weight excluding hydrogens is 362 g/mol. The van der Waals surface area contributed by atoms with Crippen LogP contribution in [0.25, 0.3) is 0 Å². The maximum atomic E-state index is 12.8. The van der Waals surface area contributed by atoms with Gasteiger partial charge in [0.25, 0.3) is 11.8 Å². The molecule has 0 atom stereocenters. The van der Waals surface area contributed by atoms with Crippen molar-refractivity contribution < 1.29 is 14.4 Å². The predicted molar refractivity (Wildman–Crippen MR) is 108 cm³/mol. The first-order valence-corrected chi connectivity index (χ1v) is 9.63. The number of carbonyl (C=O) groups excluding carboxylic acids is 3. The van der Waals surface area contributed by atoms with E-state index in [0.29, 0.717) is 22.7 Å². The lowest BCUT2D eigenvalue weighted by Gasteiger charge is -2.25. The van der Waals surface area contributed by atoms with Gasteiger partial charge in [-0.2, -0.15) is 0 Å². The van der Waals surface area contributed by atoms with Crippen LogP contribution in [-0.2, 0) is 4.79 Å². The molecule has 0 saturated carbocycles. The van der Waals surface area contributed by atoms with E-state index in [-0.39, 0.29) is 29.8 Å². The topological polar surface area (TPSA) is 78.5 Å². The summed E-state index contributed by atoms with van der Waals surface area (Å²) in [5, 5.41) is 7.47. The summed E-state index contributed by atoms with van der Waals surface area (Å²) in [4.78, 5) is 39.2. The normalized spacial score (nSPS) is 11.0. The summed E-state index contributed by atoms with van der Waals surface area (Å²) >= 11 is 1.35. The number of nitrogens with zero attached hydrogens (tertiary/aromatic N) is 1. The third-order valence-electron chi connectivity index (χ3n) is 3.63. The van der Waals surface area contributed by atoms with Crippen LogP contribution in [0.15, 0.2) is 41.8 Å². The highest BCUT2D eigenvalue weighted by Gasteiger charge is 2.20. The van der Waals surface area contributed by atoms with Crippen molar-refractivity contribution in [3.8, 4) is 0 Å². The molecule has 1 aromatic heterocycles. The summed E-state index contributed by atoms with van der Waals surface area (Å²) in [5.41, 5.74) is 0.602. The van der Waals surface area contributed by atoms with Gasteiger partial charge in [0, 0.05) is 23.3 Å². The summed E-state index contributed by atoms with van der Waals surface area (Å²) in [7, 11) is 0. The van der Waals surface area contributed by atoms with E-state index in [1.165, 1.54) is 16.2 Å². The number of hydrogen-bond acceptors (Lipinski definition) is 4. The quantitative estimate of drug-likeness (QED) is 0.798.